The molecule has 5 heteroatoms. The molecule has 5 nitrogen and oxygen atoms in total. The maximum atomic E-state index is 12.9. The molecule has 0 spiro atoms. The fraction of sp³-hybridized carbons (Fsp3) is 0. The highest BCUT2D eigenvalue weighted by atomic mass is 16.5. The zero-order valence-electron chi connectivity index (χ0n) is 28.6. The maximum absolute atomic E-state index is 12.9. The third-order valence-electron chi connectivity index (χ3n) is 9.15. The first-order chi connectivity index (χ1) is 26.1. The predicted octanol–water partition coefficient (Wildman–Crippen LogP) is 11.5. The molecule has 0 N–H and O–H groups in total. The maximum Gasteiger partial charge on any atom is 0.343 e. The molecule has 0 aliphatic carbocycles. The molecule has 8 aromatic rings. The molecule has 0 saturated heterocycles. The number of aldehydes is 1. The van der Waals surface area contributed by atoms with Gasteiger partial charge in [0, 0.05) is 41.5 Å². The summed E-state index contributed by atoms with van der Waals surface area (Å²) in [6.45, 7) is 0. The quantitative estimate of drug-likeness (QED) is 0.0860. The van der Waals surface area contributed by atoms with E-state index in [9.17, 15) is 9.59 Å². The van der Waals surface area contributed by atoms with Crippen LogP contribution in [-0.4, -0.2) is 22.2 Å². The number of aromatic nitrogens is 2. The van der Waals surface area contributed by atoms with Crippen molar-refractivity contribution in [1.29, 1.82) is 0 Å². The van der Waals surface area contributed by atoms with Crippen molar-refractivity contribution in [2.45, 2.75) is 0 Å². The number of nitrogens with zero attached hydrogens (tertiary/aromatic N) is 2. The summed E-state index contributed by atoms with van der Waals surface area (Å²) in [4.78, 5) is 32.8. The second-order valence-electron chi connectivity index (χ2n) is 12.7. The fourth-order valence-electron chi connectivity index (χ4n) is 6.47. The van der Waals surface area contributed by atoms with E-state index in [2.05, 4.69) is 107 Å². The topological polar surface area (TPSA) is 69.2 Å². The number of benzene rings is 6. The molecule has 53 heavy (non-hydrogen) atoms. The normalized spacial score (nSPS) is 10.8. The van der Waals surface area contributed by atoms with Crippen LogP contribution in [-0.2, 0) is 0 Å². The largest absolute Gasteiger partial charge is 0.423 e. The van der Waals surface area contributed by atoms with Crippen LogP contribution in [0, 0.1) is 0 Å². The van der Waals surface area contributed by atoms with E-state index in [-0.39, 0.29) is 0 Å². The Bertz CT molecular complexity index is 2480. The Morgan fingerprint density at radius 1 is 0.415 bits per heavy atom. The molecule has 2 aromatic heterocycles. The fourth-order valence-corrected chi connectivity index (χ4v) is 6.47. The van der Waals surface area contributed by atoms with Gasteiger partial charge in [0.05, 0.1) is 5.56 Å². The van der Waals surface area contributed by atoms with Crippen molar-refractivity contribution in [2.24, 2.45) is 0 Å². The lowest BCUT2D eigenvalue weighted by molar-refractivity contribution is 0.0735. The van der Waals surface area contributed by atoms with Crippen LogP contribution in [0.4, 0.5) is 0 Å². The zero-order valence-corrected chi connectivity index (χ0v) is 28.6. The Labute approximate surface area is 307 Å². The van der Waals surface area contributed by atoms with E-state index in [1.165, 1.54) is 6.07 Å². The van der Waals surface area contributed by atoms with E-state index >= 15 is 0 Å². The lowest BCUT2D eigenvalue weighted by Crippen LogP contribution is -2.08. The van der Waals surface area contributed by atoms with Crippen LogP contribution in [0.15, 0.2) is 189 Å². The van der Waals surface area contributed by atoms with Gasteiger partial charge >= 0.3 is 5.97 Å². The number of rotatable bonds is 9. The van der Waals surface area contributed by atoms with Crippen molar-refractivity contribution >= 4 is 12.3 Å². The molecule has 0 fully saturated rings. The monoisotopic (exact) mass is 684 g/mol. The summed E-state index contributed by atoms with van der Waals surface area (Å²) in [5.41, 5.74) is 13.4. The smallest absolute Gasteiger partial charge is 0.343 e. The molecule has 0 aliphatic rings. The number of ether oxygens (including phenoxy) is 1. The van der Waals surface area contributed by atoms with Crippen molar-refractivity contribution in [3.8, 4) is 72.5 Å². The van der Waals surface area contributed by atoms with Gasteiger partial charge in [-0.05, 0) is 128 Å². The van der Waals surface area contributed by atoms with Crippen molar-refractivity contribution in [1.82, 2.24) is 9.97 Å². The van der Waals surface area contributed by atoms with E-state index in [0.717, 1.165) is 66.8 Å². The average molecular weight is 685 g/mol. The Morgan fingerprint density at radius 2 is 0.811 bits per heavy atom. The number of esters is 1. The van der Waals surface area contributed by atoms with Crippen LogP contribution in [0.2, 0.25) is 0 Å². The van der Waals surface area contributed by atoms with Gasteiger partial charge in [0.15, 0.2) is 0 Å². The third-order valence-corrected chi connectivity index (χ3v) is 9.15. The molecule has 0 amide bonds. The molecular formula is C48H32N2O3. The second-order valence-corrected chi connectivity index (χ2v) is 12.7. The van der Waals surface area contributed by atoms with Gasteiger partial charge in [-0.2, -0.15) is 0 Å². The number of carbonyl (C=O) groups excluding carboxylic acids is 2. The summed E-state index contributed by atoms with van der Waals surface area (Å²) in [5, 5.41) is 0. The van der Waals surface area contributed by atoms with Crippen molar-refractivity contribution in [3.05, 3.63) is 200 Å². The van der Waals surface area contributed by atoms with Gasteiger partial charge in [-0.15, -0.1) is 0 Å². The number of carbonyl (C=O) groups is 2. The summed E-state index contributed by atoms with van der Waals surface area (Å²) in [6.07, 6.45) is 8.06. The second kappa shape index (κ2) is 14.9. The SMILES string of the molecule is O=Cc1cccc(C(=O)Oc2cccc(-c3cccc(-c4cc(-c5cccc(-c6cccnc6)c5)cc(-c5cccc(-c6cccnc6)c5)c4)c3)c2)c1. The molecule has 2 heterocycles. The van der Waals surface area contributed by atoms with Gasteiger partial charge < -0.3 is 4.74 Å². The molecule has 0 bridgehead atoms. The predicted molar refractivity (Wildman–Crippen MR) is 211 cm³/mol. The molecule has 0 aliphatic heterocycles. The van der Waals surface area contributed by atoms with Gasteiger partial charge in [-0.1, -0.05) is 91.0 Å². The highest BCUT2D eigenvalue weighted by Gasteiger charge is 2.13. The van der Waals surface area contributed by atoms with Gasteiger partial charge in [-0.3, -0.25) is 14.8 Å². The summed E-state index contributed by atoms with van der Waals surface area (Å²) in [5.74, 6) is -0.107. The molecule has 252 valence electrons. The number of hydrogen-bond donors (Lipinski definition) is 0. The molecular weight excluding hydrogens is 653 g/mol. The van der Waals surface area contributed by atoms with Crippen LogP contribution in [0.1, 0.15) is 20.7 Å². The summed E-state index contributed by atoms with van der Waals surface area (Å²) >= 11 is 0. The van der Waals surface area contributed by atoms with Crippen LogP contribution in [0.5, 0.6) is 5.75 Å². The van der Waals surface area contributed by atoms with E-state index in [1.807, 2.05) is 48.8 Å². The molecule has 0 unspecified atom stereocenters. The number of pyridine rings is 2. The summed E-state index contributed by atoms with van der Waals surface area (Å²) < 4.78 is 5.73. The van der Waals surface area contributed by atoms with E-state index in [0.29, 0.717) is 23.2 Å². The minimum Gasteiger partial charge on any atom is -0.423 e. The Kier molecular flexibility index (Phi) is 9.28. The first-order valence-electron chi connectivity index (χ1n) is 17.2. The van der Waals surface area contributed by atoms with E-state index < -0.39 is 5.97 Å². The zero-order chi connectivity index (χ0) is 36.0. The van der Waals surface area contributed by atoms with Crippen molar-refractivity contribution in [3.63, 3.8) is 0 Å². The van der Waals surface area contributed by atoms with Crippen LogP contribution >= 0.6 is 0 Å². The van der Waals surface area contributed by atoms with Gasteiger partial charge in [0.25, 0.3) is 0 Å². The Morgan fingerprint density at radius 3 is 1.28 bits per heavy atom. The van der Waals surface area contributed by atoms with Crippen LogP contribution < -0.4 is 4.74 Å². The average Bonchev–Trinajstić information content (AvgIpc) is 3.24. The molecule has 0 radical (unpaired) electrons. The molecule has 0 saturated carbocycles. The van der Waals surface area contributed by atoms with Gasteiger partial charge in [0.1, 0.15) is 12.0 Å². The highest BCUT2D eigenvalue weighted by Crippen LogP contribution is 2.37. The highest BCUT2D eigenvalue weighted by molar-refractivity contribution is 5.93. The minimum absolute atomic E-state index is 0.314. The van der Waals surface area contributed by atoms with Crippen LogP contribution in [0.3, 0.4) is 0 Å². The third kappa shape index (κ3) is 7.46. The molecule has 0 atom stereocenters. The summed E-state index contributed by atoms with van der Waals surface area (Å²) in [7, 11) is 0. The van der Waals surface area contributed by atoms with E-state index in [4.69, 9.17) is 4.74 Å². The standard InChI is InChI=1S/C48H32N2O3/c51-32-33-8-1-16-41(22-33)48(52)53-47-19-5-15-40(29-47)34-9-2-12-37(23-34)44-26-45(38-13-3-10-35(24-38)42-17-6-20-49-30-42)28-46(27-44)39-14-4-11-36(25-39)43-18-7-21-50-31-43/h1-32H. The molecule has 8 rings (SSSR count). The van der Waals surface area contributed by atoms with Crippen molar-refractivity contribution in [2.75, 3.05) is 0 Å². The van der Waals surface area contributed by atoms with E-state index in [1.54, 1.807) is 36.7 Å². The van der Waals surface area contributed by atoms with Crippen molar-refractivity contribution < 1.29 is 14.3 Å². The first-order valence-corrected chi connectivity index (χ1v) is 17.2. The first kappa shape index (κ1) is 32.9. The van der Waals surface area contributed by atoms with Crippen LogP contribution in [0.25, 0.3) is 66.8 Å². The minimum atomic E-state index is -0.524. The molecule has 6 aromatic carbocycles. The van der Waals surface area contributed by atoms with Gasteiger partial charge in [0.2, 0.25) is 0 Å². The van der Waals surface area contributed by atoms with Gasteiger partial charge in [-0.25, -0.2) is 4.79 Å². The lowest BCUT2D eigenvalue weighted by Gasteiger charge is -2.14. The Hall–Kier alpha value is -7.24. The summed E-state index contributed by atoms with van der Waals surface area (Å²) in [6, 6.07) is 54.2. The number of hydrogen-bond acceptors (Lipinski definition) is 5. The lowest BCUT2D eigenvalue weighted by atomic mass is 9.90. The Balaban J connectivity index is 1.18.